The molecule has 0 aliphatic carbocycles. The van der Waals surface area contributed by atoms with E-state index < -0.39 is 0 Å². The van der Waals surface area contributed by atoms with Crippen molar-refractivity contribution in [1.82, 2.24) is 15.0 Å². The topological polar surface area (TPSA) is 77.7 Å². The molecule has 1 saturated heterocycles. The third kappa shape index (κ3) is 3.53. The van der Waals surface area contributed by atoms with E-state index in [1.807, 2.05) is 18.2 Å². The quantitative estimate of drug-likeness (QED) is 0.805. The summed E-state index contributed by atoms with van der Waals surface area (Å²) in [5.74, 6) is 1.12. The van der Waals surface area contributed by atoms with E-state index in [0.717, 1.165) is 10.0 Å². The van der Waals surface area contributed by atoms with Gasteiger partial charge in [-0.05, 0) is 18.2 Å². The fourth-order valence-corrected chi connectivity index (χ4v) is 3.00. The molecular weight excluding hydrogens is 366 g/mol. The first-order valence-electron chi connectivity index (χ1n) is 7.15. The number of nitrogens with zero attached hydrogens (tertiary/aromatic N) is 3. The van der Waals surface area contributed by atoms with Gasteiger partial charge in [0, 0.05) is 16.6 Å². The van der Waals surface area contributed by atoms with Crippen LogP contribution in [0.2, 0.25) is 0 Å². The van der Waals surface area contributed by atoms with Gasteiger partial charge in [-0.25, -0.2) is 0 Å². The Hall–Kier alpha value is -1.93. The van der Waals surface area contributed by atoms with Crippen molar-refractivity contribution in [3.8, 4) is 5.75 Å². The average Bonchev–Trinajstić information content (AvgIpc) is 3.09. The van der Waals surface area contributed by atoms with Crippen molar-refractivity contribution in [2.45, 2.75) is 12.5 Å². The summed E-state index contributed by atoms with van der Waals surface area (Å²) in [6.45, 7) is 1.35. The lowest BCUT2D eigenvalue weighted by Gasteiger charge is -2.33. The molecule has 1 aromatic heterocycles. The molecule has 1 aliphatic rings. The number of halogens is 1. The molecule has 0 unspecified atom stereocenters. The number of methoxy groups -OCH3 is 1. The zero-order chi connectivity index (χ0) is 16.2. The largest absolute Gasteiger partial charge is 0.496 e. The summed E-state index contributed by atoms with van der Waals surface area (Å²) in [6, 6.07) is 5.28. The summed E-state index contributed by atoms with van der Waals surface area (Å²) in [5, 5.41) is 3.84. The molecule has 1 amide bonds. The van der Waals surface area contributed by atoms with E-state index in [4.69, 9.17) is 14.0 Å². The van der Waals surface area contributed by atoms with Crippen LogP contribution >= 0.6 is 15.9 Å². The molecule has 0 bridgehead atoms. The Bertz CT molecular complexity index is 677. The average molecular weight is 382 g/mol. The van der Waals surface area contributed by atoms with Crippen LogP contribution in [0.5, 0.6) is 5.75 Å². The Labute approximate surface area is 141 Å². The fraction of sp³-hybridized carbons (Fsp3) is 0.400. The standard InChI is InChI=1S/C15H16BrN3O4/c1-21-13-3-2-11(16)6-10(13)7-14(20)19-4-5-22-8-12(19)15-17-9-23-18-15/h2-3,6,9,12H,4-5,7-8H2,1H3/t12-/m1/s1. The molecule has 0 N–H and O–H groups in total. The molecule has 23 heavy (non-hydrogen) atoms. The Morgan fingerprint density at radius 3 is 3.13 bits per heavy atom. The molecule has 2 aromatic rings. The summed E-state index contributed by atoms with van der Waals surface area (Å²) in [4.78, 5) is 18.5. The molecule has 1 aliphatic heterocycles. The van der Waals surface area contributed by atoms with Crippen LogP contribution in [-0.2, 0) is 16.0 Å². The monoisotopic (exact) mass is 381 g/mol. The van der Waals surface area contributed by atoms with Gasteiger partial charge in [-0.15, -0.1) is 0 Å². The van der Waals surface area contributed by atoms with Crippen LogP contribution in [0.15, 0.2) is 33.6 Å². The summed E-state index contributed by atoms with van der Waals surface area (Å²) in [5.41, 5.74) is 0.824. The van der Waals surface area contributed by atoms with Gasteiger partial charge in [-0.2, -0.15) is 4.98 Å². The van der Waals surface area contributed by atoms with E-state index in [0.29, 0.717) is 31.3 Å². The molecular formula is C15H16BrN3O4. The van der Waals surface area contributed by atoms with Crippen molar-refractivity contribution in [3.63, 3.8) is 0 Å². The molecule has 0 radical (unpaired) electrons. The summed E-state index contributed by atoms with van der Waals surface area (Å²) in [6.07, 6.45) is 1.49. The first kappa shape index (κ1) is 15.9. The maximum absolute atomic E-state index is 12.8. The highest BCUT2D eigenvalue weighted by molar-refractivity contribution is 9.10. The minimum atomic E-state index is -0.326. The van der Waals surface area contributed by atoms with Crippen molar-refractivity contribution in [3.05, 3.63) is 40.5 Å². The number of aromatic nitrogens is 2. The zero-order valence-corrected chi connectivity index (χ0v) is 14.2. The molecule has 3 rings (SSSR count). The van der Waals surface area contributed by atoms with Crippen molar-refractivity contribution in [2.75, 3.05) is 26.9 Å². The fourth-order valence-electron chi connectivity index (χ4n) is 2.59. The van der Waals surface area contributed by atoms with Crippen molar-refractivity contribution in [2.24, 2.45) is 0 Å². The highest BCUT2D eigenvalue weighted by Gasteiger charge is 2.31. The van der Waals surface area contributed by atoms with Crippen LogP contribution in [0.4, 0.5) is 0 Å². The van der Waals surface area contributed by atoms with Crippen molar-refractivity contribution in [1.29, 1.82) is 0 Å². The Kier molecular flexibility index (Phi) is 4.92. The molecule has 2 heterocycles. The molecule has 1 atom stereocenters. The van der Waals surface area contributed by atoms with E-state index in [1.165, 1.54) is 6.39 Å². The van der Waals surface area contributed by atoms with Gasteiger partial charge in [0.2, 0.25) is 12.3 Å². The molecule has 0 saturated carbocycles. The molecule has 122 valence electrons. The van der Waals surface area contributed by atoms with E-state index in [9.17, 15) is 4.79 Å². The number of morpholine rings is 1. The van der Waals surface area contributed by atoms with Crippen molar-refractivity contribution < 1.29 is 18.8 Å². The third-order valence-electron chi connectivity index (χ3n) is 3.71. The number of hydrogen-bond acceptors (Lipinski definition) is 6. The van der Waals surface area contributed by atoms with Crippen molar-refractivity contribution >= 4 is 21.8 Å². The Balaban J connectivity index is 1.80. The highest BCUT2D eigenvalue weighted by Crippen LogP contribution is 2.26. The van der Waals surface area contributed by atoms with Crippen LogP contribution in [0.1, 0.15) is 17.4 Å². The minimum absolute atomic E-state index is 0.0282. The van der Waals surface area contributed by atoms with Gasteiger partial charge in [0.15, 0.2) is 5.82 Å². The van der Waals surface area contributed by atoms with Crippen LogP contribution in [0, 0.1) is 0 Å². The zero-order valence-electron chi connectivity index (χ0n) is 12.6. The summed E-state index contributed by atoms with van der Waals surface area (Å²) < 4.78 is 16.5. The maximum Gasteiger partial charge on any atom is 0.227 e. The lowest BCUT2D eigenvalue weighted by molar-refractivity contribution is -0.139. The molecule has 7 nitrogen and oxygen atoms in total. The third-order valence-corrected chi connectivity index (χ3v) is 4.20. The SMILES string of the molecule is COc1ccc(Br)cc1CC(=O)N1CCOC[C@@H]1c1ncon1. The lowest BCUT2D eigenvalue weighted by Crippen LogP contribution is -2.44. The van der Waals surface area contributed by atoms with Gasteiger partial charge in [0.05, 0.1) is 26.7 Å². The number of carbonyl (C=O) groups is 1. The first-order chi connectivity index (χ1) is 11.2. The number of benzene rings is 1. The van der Waals surface area contributed by atoms with E-state index in [1.54, 1.807) is 12.0 Å². The summed E-state index contributed by atoms with van der Waals surface area (Å²) >= 11 is 3.42. The Morgan fingerprint density at radius 1 is 1.52 bits per heavy atom. The number of amides is 1. The van der Waals surface area contributed by atoms with Crippen LogP contribution in [-0.4, -0.2) is 47.8 Å². The molecule has 0 spiro atoms. The molecule has 1 aromatic carbocycles. The number of hydrogen-bond donors (Lipinski definition) is 0. The van der Waals surface area contributed by atoms with E-state index >= 15 is 0 Å². The second kappa shape index (κ2) is 7.10. The van der Waals surface area contributed by atoms with Gasteiger partial charge in [-0.1, -0.05) is 21.1 Å². The summed E-state index contributed by atoms with van der Waals surface area (Å²) in [7, 11) is 1.59. The van der Waals surface area contributed by atoms with E-state index in [-0.39, 0.29) is 18.4 Å². The number of carbonyl (C=O) groups excluding carboxylic acids is 1. The minimum Gasteiger partial charge on any atom is -0.496 e. The molecule has 1 fully saturated rings. The maximum atomic E-state index is 12.8. The van der Waals surface area contributed by atoms with Crippen LogP contribution in [0.25, 0.3) is 0 Å². The van der Waals surface area contributed by atoms with E-state index in [2.05, 4.69) is 26.1 Å². The van der Waals surface area contributed by atoms with Crippen LogP contribution < -0.4 is 4.74 Å². The van der Waals surface area contributed by atoms with Gasteiger partial charge in [0.25, 0.3) is 0 Å². The van der Waals surface area contributed by atoms with Gasteiger partial charge < -0.3 is 18.9 Å². The number of rotatable bonds is 4. The predicted molar refractivity (Wildman–Crippen MR) is 84.0 cm³/mol. The smallest absolute Gasteiger partial charge is 0.227 e. The van der Waals surface area contributed by atoms with Gasteiger partial charge >= 0.3 is 0 Å². The Morgan fingerprint density at radius 2 is 2.39 bits per heavy atom. The number of ether oxygens (including phenoxy) is 2. The van der Waals surface area contributed by atoms with Gasteiger partial charge in [-0.3, -0.25) is 4.79 Å². The lowest BCUT2D eigenvalue weighted by atomic mass is 10.1. The molecule has 8 heteroatoms. The predicted octanol–water partition coefficient (Wildman–Crippen LogP) is 1.98. The van der Waals surface area contributed by atoms with Gasteiger partial charge in [0.1, 0.15) is 11.8 Å². The highest BCUT2D eigenvalue weighted by atomic mass is 79.9. The second-order valence-corrected chi connectivity index (χ2v) is 6.02. The first-order valence-corrected chi connectivity index (χ1v) is 7.94. The second-order valence-electron chi connectivity index (χ2n) is 5.10. The normalized spacial score (nSPS) is 18.0. The van der Waals surface area contributed by atoms with Crippen LogP contribution in [0.3, 0.4) is 0 Å².